The summed E-state index contributed by atoms with van der Waals surface area (Å²) >= 11 is 1.20. The van der Waals surface area contributed by atoms with Crippen molar-refractivity contribution in [2.75, 3.05) is 17.7 Å². The number of nitrogens with one attached hydrogen (secondary N) is 3. The van der Waals surface area contributed by atoms with Gasteiger partial charge in [0.2, 0.25) is 0 Å². The molecule has 0 saturated heterocycles. The zero-order valence-corrected chi connectivity index (χ0v) is 24.2. The van der Waals surface area contributed by atoms with Gasteiger partial charge >= 0.3 is 12.0 Å². The van der Waals surface area contributed by atoms with Crippen molar-refractivity contribution < 1.29 is 24.2 Å². The fourth-order valence-corrected chi connectivity index (χ4v) is 6.42. The van der Waals surface area contributed by atoms with Gasteiger partial charge in [0.05, 0.1) is 12.8 Å². The summed E-state index contributed by atoms with van der Waals surface area (Å²) in [6.45, 7) is 5.86. The number of hydrogen-bond acceptors (Lipinski definition) is 5. The second kappa shape index (κ2) is 13.0. The number of thiophene rings is 1. The molecule has 0 radical (unpaired) electrons. The molecule has 1 aliphatic rings. The molecular weight excluding hydrogens is 526 g/mol. The molecule has 0 unspecified atom stereocenters. The highest BCUT2D eigenvalue weighted by Gasteiger charge is 2.28. The number of rotatable bonds is 9. The van der Waals surface area contributed by atoms with Crippen LogP contribution in [0.2, 0.25) is 0 Å². The number of aryl methyl sites for hydroxylation is 3. The number of aliphatic carboxylic acids is 1. The number of anilines is 2. The van der Waals surface area contributed by atoms with Crippen LogP contribution in [-0.4, -0.2) is 36.2 Å². The van der Waals surface area contributed by atoms with E-state index in [1.54, 1.807) is 13.2 Å². The lowest BCUT2D eigenvalue weighted by molar-refractivity contribution is -0.139. The molecule has 1 aliphatic carbocycles. The number of amides is 3. The minimum atomic E-state index is -1.05. The van der Waals surface area contributed by atoms with Crippen molar-refractivity contribution in [3.05, 3.63) is 64.0 Å². The summed E-state index contributed by atoms with van der Waals surface area (Å²) in [6, 6.07) is 11.6. The third-order valence-corrected chi connectivity index (χ3v) is 8.56. The van der Waals surface area contributed by atoms with Crippen molar-refractivity contribution in [2.45, 2.75) is 65.3 Å². The minimum absolute atomic E-state index is 0.244. The number of hydrogen-bond donors (Lipinski definition) is 4. The maximum atomic E-state index is 13.5. The van der Waals surface area contributed by atoms with Crippen LogP contribution < -0.4 is 20.7 Å². The summed E-state index contributed by atoms with van der Waals surface area (Å²) in [5.74, 6) is -0.598. The zero-order valence-electron chi connectivity index (χ0n) is 23.4. The van der Waals surface area contributed by atoms with Crippen LogP contribution >= 0.6 is 11.3 Å². The Balaban J connectivity index is 1.60. The van der Waals surface area contributed by atoms with Gasteiger partial charge in [-0.1, -0.05) is 49.8 Å². The number of benzene rings is 2. The van der Waals surface area contributed by atoms with Gasteiger partial charge in [0.25, 0.3) is 5.91 Å². The maximum Gasteiger partial charge on any atom is 0.326 e. The first-order valence-electron chi connectivity index (χ1n) is 13.6. The third-order valence-electron chi connectivity index (χ3n) is 7.37. The van der Waals surface area contributed by atoms with Crippen molar-refractivity contribution in [1.82, 2.24) is 5.32 Å². The van der Waals surface area contributed by atoms with Gasteiger partial charge in [0.15, 0.2) is 0 Å². The van der Waals surface area contributed by atoms with E-state index in [2.05, 4.69) is 16.0 Å². The second-order valence-electron chi connectivity index (χ2n) is 10.5. The van der Waals surface area contributed by atoms with E-state index in [4.69, 9.17) is 4.74 Å². The predicted octanol–water partition coefficient (Wildman–Crippen LogP) is 7.15. The summed E-state index contributed by atoms with van der Waals surface area (Å²) in [7, 11) is 1.59. The van der Waals surface area contributed by atoms with E-state index in [0.717, 1.165) is 52.8 Å². The molecule has 0 bridgehead atoms. The molecule has 0 aliphatic heterocycles. The van der Waals surface area contributed by atoms with Crippen molar-refractivity contribution in [1.29, 1.82) is 0 Å². The number of carbonyl (C=O) groups is 3. The van der Waals surface area contributed by atoms with E-state index in [9.17, 15) is 19.5 Å². The normalized spacial score (nSPS) is 14.3. The van der Waals surface area contributed by atoms with Crippen molar-refractivity contribution in [3.63, 3.8) is 0 Å². The Morgan fingerprint density at radius 3 is 2.23 bits per heavy atom. The lowest BCUT2D eigenvalue weighted by atomic mass is 9.85. The molecule has 1 heterocycles. The Morgan fingerprint density at radius 2 is 1.62 bits per heavy atom. The molecule has 9 heteroatoms. The molecule has 1 atom stereocenters. The van der Waals surface area contributed by atoms with Crippen LogP contribution in [0.25, 0.3) is 10.4 Å². The van der Waals surface area contributed by atoms with Gasteiger partial charge in [-0.3, -0.25) is 4.79 Å². The number of carboxylic acid groups (broad SMARTS) is 1. The number of methoxy groups -OCH3 is 1. The summed E-state index contributed by atoms with van der Waals surface area (Å²) in [5, 5.41) is 18.4. The lowest BCUT2D eigenvalue weighted by Gasteiger charge is -2.25. The largest absolute Gasteiger partial charge is 0.497 e. The topological polar surface area (TPSA) is 117 Å². The SMILES string of the molecule is COc1ccc(-c2cc(NC(=O)Nc3c(C)cc(C)cc3C)c(C(=O)N[C@@H](CC3CCCCC3)C(=O)O)s2)cc1. The maximum absolute atomic E-state index is 13.5. The number of carbonyl (C=O) groups excluding carboxylic acids is 2. The zero-order chi connectivity index (χ0) is 28.8. The van der Waals surface area contributed by atoms with Crippen LogP contribution in [0.3, 0.4) is 0 Å². The van der Waals surface area contributed by atoms with Gasteiger partial charge in [-0.15, -0.1) is 11.3 Å². The first-order chi connectivity index (χ1) is 19.1. The van der Waals surface area contributed by atoms with Crippen molar-refractivity contribution in [2.24, 2.45) is 5.92 Å². The van der Waals surface area contributed by atoms with Crippen molar-refractivity contribution in [3.8, 4) is 16.2 Å². The summed E-state index contributed by atoms with van der Waals surface area (Å²) in [6.07, 6.45) is 5.69. The molecule has 4 rings (SSSR count). The highest BCUT2D eigenvalue weighted by atomic mass is 32.1. The van der Waals surface area contributed by atoms with Crippen LogP contribution in [0.1, 0.15) is 64.9 Å². The molecule has 3 amide bonds. The van der Waals surface area contributed by atoms with Crippen molar-refractivity contribution >= 4 is 40.6 Å². The molecule has 4 N–H and O–H groups in total. The van der Waals surface area contributed by atoms with E-state index >= 15 is 0 Å². The van der Waals surface area contributed by atoms with E-state index < -0.39 is 23.9 Å². The minimum Gasteiger partial charge on any atom is -0.497 e. The van der Waals surface area contributed by atoms with Crippen LogP contribution in [0.15, 0.2) is 42.5 Å². The van der Waals surface area contributed by atoms with E-state index in [0.29, 0.717) is 23.5 Å². The van der Waals surface area contributed by atoms with Crippen LogP contribution in [-0.2, 0) is 4.79 Å². The first-order valence-corrected chi connectivity index (χ1v) is 14.4. The van der Waals surface area contributed by atoms with Gasteiger partial charge in [-0.2, -0.15) is 0 Å². The molecule has 1 saturated carbocycles. The standard InChI is InChI=1S/C31H37N3O5S/c1-18-14-19(2)27(20(3)15-18)34-31(38)33-24-17-26(22-10-12-23(39-4)13-11-22)40-28(24)29(35)32-25(30(36)37)16-21-8-6-5-7-9-21/h10-15,17,21,25H,5-9,16H2,1-4H3,(H,32,35)(H,36,37)(H2,33,34,38)/t25-/m0/s1. The van der Waals surface area contributed by atoms with Crippen LogP contribution in [0, 0.1) is 26.7 Å². The molecule has 8 nitrogen and oxygen atoms in total. The van der Waals surface area contributed by atoms with Gasteiger partial charge in [0, 0.05) is 10.6 Å². The molecule has 1 aromatic heterocycles. The quantitative estimate of drug-likeness (QED) is 0.221. The monoisotopic (exact) mass is 563 g/mol. The molecule has 1 fully saturated rings. The lowest BCUT2D eigenvalue weighted by Crippen LogP contribution is -2.42. The van der Waals surface area contributed by atoms with Gasteiger partial charge in [-0.25, -0.2) is 9.59 Å². The highest BCUT2D eigenvalue weighted by Crippen LogP contribution is 2.36. The first kappa shape index (κ1) is 29.1. The van der Waals surface area contributed by atoms with E-state index in [-0.39, 0.29) is 10.8 Å². The Bertz CT molecular complexity index is 1350. The number of ether oxygens (including phenoxy) is 1. The highest BCUT2D eigenvalue weighted by molar-refractivity contribution is 7.18. The van der Waals surface area contributed by atoms with Crippen LogP contribution in [0.4, 0.5) is 16.2 Å². The number of urea groups is 1. The summed E-state index contributed by atoms with van der Waals surface area (Å²) < 4.78 is 5.25. The molecule has 3 aromatic rings. The smallest absolute Gasteiger partial charge is 0.326 e. The average Bonchev–Trinajstić information content (AvgIpc) is 3.34. The third kappa shape index (κ3) is 7.21. The average molecular weight is 564 g/mol. The molecule has 0 spiro atoms. The van der Waals surface area contributed by atoms with E-state index in [1.807, 2.05) is 57.2 Å². The van der Waals surface area contributed by atoms with Gasteiger partial charge < -0.3 is 25.8 Å². The second-order valence-corrected chi connectivity index (χ2v) is 11.6. The molecule has 212 valence electrons. The Hall–Kier alpha value is -3.85. The van der Waals surface area contributed by atoms with Crippen LogP contribution in [0.5, 0.6) is 5.75 Å². The predicted molar refractivity (Wildman–Crippen MR) is 160 cm³/mol. The van der Waals surface area contributed by atoms with E-state index in [1.165, 1.54) is 17.8 Å². The molecule has 40 heavy (non-hydrogen) atoms. The fraction of sp³-hybridized carbons (Fsp3) is 0.387. The summed E-state index contributed by atoms with van der Waals surface area (Å²) in [5.41, 5.74) is 4.83. The Kier molecular flexibility index (Phi) is 9.47. The fourth-order valence-electron chi connectivity index (χ4n) is 5.40. The van der Waals surface area contributed by atoms with Gasteiger partial charge in [0.1, 0.15) is 16.7 Å². The Morgan fingerprint density at radius 1 is 0.975 bits per heavy atom. The summed E-state index contributed by atoms with van der Waals surface area (Å²) in [4.78, 5) is 39.7. The molecular formula is C31H37N3O5S. The Labute approximate surface area is 239 Å². The van der Waals surface area contributed by atoms with Gasteiger partial charge in [-0.05, 0) is 80.1 Å². The molecule has 2 aromatic carbocycles. The number of carboxylic acids is 1.